The first-order valence-corrected chi connectivity index (χ1v) is 15.3. The van der Waals surface area contributed by atoms with Gasteiger partial charge in [0.2, 0.25) is 0 Å². The molecule has 0 amide bonds. The molecule has 0 aliphatic carbocycles. The van der Waals surface area contributed by atoms with Crippen LogP contribution in [0.1, 0.15) is 112 Å². The zero-order valence-corrected chi connectivity index (χ0v) is 24.5. The lowest BCUT2D eigenvalue weighted by Crippen LogP contribution is -2.06. The van der Waals surface area contributed by atoms with E-state index >= 15 is 0 Å². The highest BCUT2D eigenvalue weighted by Gasteiger charge is 2.12. The van der Waals surface area contributed by atoms with Crippen molar-refractivity contribution >= 4 is 11.9 Å². The van der Waals surface area contributed by atoms with Crippen LogP contribution in [0.4, 0.5) is 0 Å². The van der Waals surface area contributed by atoms with Gasteiger partial charge in [-0.05, 0) is 59.4 Å². The fourth-order valence-corrected chi connectivity index (χ4v) is 4.82. The average Bonchev–Trinajstić information content (AvgIpc) is 3.00. The van der Waals surface area contributed by atoms with Gasteiger partial charge >= 0.3 is 11.9 Å². The van der Waals surface area contributed by atoms with Crippen LogP contribution in [0.2, 0.25) is 0 Å². The van der Waals surface area contributed by atoms with Crippen molar-refractivity contribution in [2.75, 3.05) is 13.2 Å². The third-order valence-electron chi connectivity index (χ3n) is 7.25. The van der Waals surface area contributed by atoms with Gasteiger partial charge in [-0.15, -0.1) is 0 Å². The molecule has 4 nitrogen and oxygen atoms in total. The molecule has 0 radical (unpaired) electrons. The fourth-order valence-electron chi connectivity index (χ4n) is 4.82. The normalized spacial score (nSPS) is 10.8. The van der Waals surface area contributed by atoms with Crippen molar-refractivity contribution in [2.24, 2.45) is 0 Å². The van der Waals surface area contributed by atoms with E-state index in [4.69, 9.17) is 9.47 Å². The molecule has 0 aliphatic heterocycles. The second kappa shape index (κ2) is 18.0. The van der Waals surface area contributed by atoms with Crippen LogP contribution in [-0.4, -0.2) is 25.2 Å². The Balaban J connectivity index is 1.55. The molecule has 40 heavy (non-hydrogen) atoms. The Morgan fingerprint density at radius 3 is 1.20 bits per heavy atom. The number of carbonyl (C=O) groups is 2. The highest BCUT2D eigenvalue weighted by molar-refractivity contribution is 5.92. The third kappa shape index (κ3) is 10.3. The van der Waals surface area contributed by atoms with Crippen molar-refractivity contribution in [3.63, 3.8) is 0 Å². The number of unbranched alkanes of at least 4 members (excludes halogenated alkanes) is 10. The van der Waals surface area contributed by atoms with E-state index in [0.717, 1.165) is 47.9 Å². The Hall–Kier alpha value is -3.40. The Morgan fingerprint density at radius 2 is 0.825 bits per heavy atom. The molecule has 0 aromatic heterocycles. The second-order valence-electron chi connectivity index (χ2n) is 10.5. The van der Waals surface area contributed by atoms with Crippen molar-refractivity contribution < 1.29 is 19.1 Å². The predicted octanol–water partition coefficient (Wildman–Crippen LogP) is 10.1. The molecule has 0 saturated carbocycles. The van der Waals surface area contributed by atoms with E-state index in [1.165, 1.54) is 51.4 Å². The summed E-state index contributed by atoms with van der Waals surface area (Å²) in [5, 5.41) is 0. The summed E-state index contributed by atoms with van der Waals surface area (Å²) in [5.41, 5.74) is 5.30. The maximum absolute atomic E-state index is 12.5. The standard InChI is InChI=1S/C36H46O4/c1-3-5-7-9-11-15-27-39-35(37)31-23-19-29(20-24-31)33-17-13-14-18-34(33)30-21-25-32(26-22-30)36(38)40-28-16-12-10-8-6-4-2/h13-14,17-26H,3-12,15-16,27-28H2,1-2H3. The number of benzene rings is 3. The van der Waals surface area contributed by atoms with Crippen molar-refractivity contribution in [1.82, 2.24) is 0 Å². The molecule has 4 heteroatoms. The van der Waals surface area contributed by atoms with Crippen LogP contribution >= 0.6 is 0 Å². The van der Waals surface area contributed by atoms with Gasteiger partial charge < -0.3 is 9.47 Å². The summed E-state index contributed by atoms with van der Waals surface area (Å²) in [6.45, 7) is 5.36. The molecular weight excluding hydrogens is 496 g/mol. The summed E-state index contributed by atoms with van der Waals surface area (Å²) in [6.07, 6.45) is 13.9. The molecular formula is C36H46O4. The lowest BCUT2D eigenvalue weighted by Gasteiger charge is -2.12. The van der Waals surface area contributed by atoms with Crippen molar-refractivity contribution in [1.29, 1.82) is 0 Å². The Labute approximate surface area is 241 Å². The van der Waals surface area contributed by atoms with Crippen molar-refractivity contribution in [3.8, 4) is 22.3 Å². The maximum atomic E-state index is 12.5. The van der Waals surface area contributed by atoms with Gasteiger partial charge in [-0.2, -0.15) is 0 Å². The smallest absolute Gasteiger partial charge is 0.338 e. The number of hydrogen-bond donors (Lipinski definition) is 0. The Bertz CT molecular complexity index is 1060. The summed E-state index contributed by atoms with van der Waals surface area (Å²) >= 11 is 0. The number of rotatable bonds is 18. The van der Waals surface area contributed by atoms with E-state index in [0.29, 0.717) is 24.3 Å². The summed E-state index contributed by atoms with van der Waals surface area (Å²) in [4.78, 5) is 25.0. The first kappa shape index (κ1) is 31.1. The molecule has 214 valence electrons. The second-order valence-corrected chi connectivity index (χ2v) is 10.5. The summed E-state index contributed by atoms with van der Waals surface area (Å²) in [7, 11) is 0. The molecule has 0 saturated heterocycles. The monoisotopic (exact) mass is 542 g/mol. The number of hydrogen-bond acceptors (Lipinski definition) is 4. The van der Waals surface area contributed by atoms with Gasteiger partial charge in [0.05, 0.1) is 24.3 Å². The third-order valence-corrected chi connectivity index (χ3v) is 7.25. The van der Waals surface area contributed by atoms with Crippen LogP contribution in [0, 0.1) is 0 Å². The minimum absolute atomic E-state index is 0.271. The largest absolute Gasteiger partial charge is 0.462 e. The molecule has 3 aromatic rings. The molecule has 0 bridgehead atoms. The number of esters is 2. The van der Waals surface area contributed by atoms with Crippen LogP contribution in [0.15, 0.2) is 72.8 Å². The van der Waals surface area contributed by atoms with E-state index < -0.39 is 0 Å². The topological polar surface area (TPSA) is 52.6 Å². The lowest BCUT2D eigenvalue weighted by atomic mass is 9.93. The summed E-state index contributed by atoms with van der Waals surface area (Å²) in [6, 6.07) is 23.4. The van der Waals surface area contributed by atoms with E-state index in [1.807, 2.05) is 60.7 Å². The van der Waals surface area contributed by atoms with Crippen LogP contribution in [0.3, 0.4) is 0 Å². The molecule has 3 aromatic carbocycles. The molecule has 0 atom stereocenters. The van der Waals surface area contributed by atoms with Gasteiger partial charge in [-0.3, -0.25) is 0 Å². The highest BCUT2D eigenvalue weighted by Crippen LogP contribution is 2.32. The molecule has 0 N–H and O–H groups in total. The maximum Gasteiger partial charge on any atom is 0.338 e. The van der Waals surface area contributed by atoms with Gasteiger partial charge in [-0.25, -0.2) is 9.59 Å². The number of carbonyl (C=O) groups excluding carboxylic acids is 2. The van der Waals surface area contributed by atoms with Crippen molar-refractivity contribution in [3.05, 3.63) is 83.9 Å². The molecule has 0 fully saturated rings. The van der Waals surface area contributed by atoms with E-state index in [1.54, 1.807) is 0 Å². The van der Waals surface area contributed by atoms with E-state index in [-0.39, 0.29) is 11.9 Å². The van der Waals surface area contributed by atoms with Crippen LogP contribution in [0.5, 0.6) is 0 Å². The van der Waals surface area contributed by atoms with Gasteiger partial charge in [0, 0.05) is 0 Å². The Morgan fingerprint density at radius 1 is 0.475 bits per heavy atom. The zero-order valence-electron chi connectivity index (χ0n) is 24.5. The quantitative estimate of drug-likeness (QED) is 0.118. The molecule has 0 unspecified atom stereocenters. The zero-order chi connectivity index (χ0) is 28.4. The minimum Gasteiger partial charge on any atom is -0.462 e. The van der Waals surface area contributed by atoms with E-state index in [2.05, 4.69) is 26.0 Å². The van der Waals surface area contributed by atoms with Gasteiger partial charge in [0.15, 0.2) is 0 Å². The lowest BCUT2D eigenvalue weighted by molar-refractivity contribution is 0.0488. The average molecular weight is 543 g/mol. The predicted molar refractivity (Wildman–Crippen MR) is 165 cm³/mol. The van der Waals surface area contributed by atoms with Gasteiger partial charge in [0.25, 0.3) is 0 Å². The first-order chi connectivity index (χ1) is 19.6. The molecule has 0 spiro atoms. The molecule has 3 rings (SSSR count). The Kier molecular flexibility index (Phi) is 14.0. The highest BCUT2D eigenvalue weighted by atomic mass is 16.5. The van der Waals surface area contributed by atoms with E-state index in [9.17, 15) is 9.59 Å². The van der Waals surface area contributed by atoms with Crippen LogP contribution in [0.25, 0.3) is 22.3 Å². The van der Waals surface area contributed by atoms with Crippen molar-refractivity contribution in [2.45, 2.75) is 90.9 Å². The fraction of sp³-hybridized carbons (Fsp3) is 0.444. The SMILES string of the molecule is CCCCCCCCOC(=O)c1ccc(-c2ccccc2-c2ccc(C(=O)OCCCCCCCC)cc2)cc1. The number of ether oxygens (including phenoxy) is 2. The summed E-state index contributed by atoms with van der Waals surface area (Å²) < 4.78 is 11.0. The first-order valence-electron chi connectivity index (χ1n) is 15.3. The van der Waals surface area contributed by atoms with Gasteiger partial charge in [0.1, 0.15) is 0 Å². The molecule has 0 heterocycles. The van der Waals surface area contributed by atoms with Gasteiger partial charge in [-0.1, -0.05) is 127 Å². The van der Waals surface area contributed by atoms with Crippen LogP contribution in [-0.2, 0) is 9.47 Å². The molecule has 0 aliphatic rings. The minimum atomic E-state index is -0.271. The summed E-state index contributed by atoms with van der Waals surface area (Å²) in [5.74, 6) is -0.542. The van der Waals surface area contributed by atoms with Crippen LogP contribution < -0.4 is 0 Å².